The second kappa shape index (κ2) is 5.46. The number of alkyl halides is 3. The van der Waals surface area contributed by atoms with E-state index in [9.17, 15) is 18.0 Å². The summed E-state index contributed by atoms with van der Waals surface area (Å²) in [5, 5.41) is -0.684. The van der Waals surface area contributed by atoms with Gasteiger partial charge < -0.3 is 0 Å². The Bertz CT molecular complexity index is 666. The Labute approximate surface area is 122 Å². The molecule has 0 spiro atoms. The highest BCUT2D eigenvalue weighted by atomic mass is 35.5. The molecule has 104 valence electrons. The van der Waals surface area contributed by atoms with Crippen LogP contribution in [0.3, 0.4) is 0 Å². The van der Waals surface area contributed by atoms with Crippen LogP contribution >= 0.6 is 23.2 Å². The topological polar surface area (TPSA) is 17.1 Å². The smallest absolute Gasteiger partial charge is 0.276 e. The summed E-state index contributed by atoms with van der Waals surface area (Å²) in [6.07, 6.45) is -4.49. The van der Waals surface area contributed by atoms with Gasteiger partial charge in [0.1, 0.15) is 0 Å². The van der Waals surface area contributed by atoms with E-state index in [4.69, 9.17) is 23.2 Å². The second-order valence-corrected chi connectivity index (χ2v) is 4.76. The molecule has 0 radical (unpaired) electrons. The van der Waals surface area contributed by atoms with E-state index in [1.165, 1.54) is 36.4 Å². The van der Waals surface area contributed by atoms with Crippen molar-refractivity contribution in [1.82, 2.24) is 0 Å². The maximum Gasteiger partial charge on any atom is 0.417 e. The molecule has 0 N–H and O–H groups in total. The quantitative estimate of drug-likeness (QED) is 0.677. The minimum Gasteiger partial charge on any atom is -0.276 e. The van der Waals surface area contributed by atoms with E-state index in [1.807, 2.05) is 0 Å². The monoisotopic (exact) mass is 318 g/mol. The number of hydrogen-bond donors (Lipinski definition) is 0. The number of carbonyl (C=O) groups excluding carboxylic acids is 1. The summed E-state index contributed by atoms with van der Waals surface area (Å²) in [5.41, 5.74) is -0.503. The van der Waals surface area contributed by atoms with Crippen molar-refractivity contribution in [2.45, 2.75) is 6.18 Å². The van der Waals surface area contributed by atoms with E-state index in [1.54, 1.807) is 0 Å². The Morgan fingerprint density at radius 2 is 1.65 bits per heavy atom. The largest absolute Gasteiger partial charge is 0.417 e. The first kappa shape index (κ1) is 14.9. The van der Waals surface area contributed by atoms with Gasteiger partial charge in [0.15, 0.2) is 0 Å². The maximum absolute atomic E-state index is 13.0. The van der Waals surface area contributed by atoms with Crippen LogP contribution in [0.15, 0.2) is 42.5 Å². The SMILES string of the molecule is O=C(Cl)c1ccc(-c2ccccc2C(F)(F)F)c(Cl)c1. The van der Waals surface area contributed by atoms with Crippen molar-refractivity contribution >= 4 is 28.4 Å². The van der Waals surface area contributed by atoms with Gasteiger partial charge in [0.05, 0.1) is 5.56 Å². The van der Waals surface area contributed by atoms with Gasteiger partial charge in [-0.05, 0) is 35.4 Å². The van der Waals surface area contributed by atoms with Crippen LogP contribution in [-0.2, 0) is 6.18 Å². The standard InChI is InChI=1S/C14H7Cl2F3O/c15-12-7-8(13(16)20)5-6-10(12)9-3-1-2-4-11(9)14(17,18)19/h1-7H. The molecule has 0 amide bonds. The van der Waals surface area contributed by atoms with E-state index in [-0.39, 0.29) is 21.7 Å². The second-order valence-electron chi connectivity index (χ2n) is 4.01. The lowest BCUT2D eigenvalue weighted by molar-refractivity contribution is -0.137. The molecule has 0 bridgehead atoms. The van der Waals surface area contributed by atoms with Crippen molar-refractivity contribution in [1.29, 1.82) is 0 Å². The fraction of sp³-hybridized carbons (Fsp3) is 0.0714. The Balaban J connectivity index is 2.61. The van der Waals surface area contributed by atoms with Crippen molar-refractivity contribution in [3.63, 3.8) is 0 Å². The summed E-state index contributed by atoms with van der Waals surface area (Å²) in [6.45, 7) is 0. The van der Waals surface area contributed by atoms with Crippen LogP contribution in [0.5, 0.6) is 0 Å². The van der Waals surface area contributed by atoms with Gasteiger partial charge in [-0.25, -0.2) is 0 Å². The third-order valence-electron chi connectivity index (χ3n) is 2.72. The Morgan fingerprint density at radius 3 is 2.20 bits per heavy atom. The molecule has 0 unspecified atom stereocenters. The molecule has 6 heteroatoms. The van der Waals surface area contributed by atoms with Crippen molar-refractivity contribution in [2.75, 3.05) is 0 Å². The zero-order valence-electron chi connectivity index (χ0n) is 9.84. The summed E-state index contributed by atoms with van der Waals surface area (Å²) in [4.78, 5) is 11.0. The van der Waals surface area contributed by atoms with Crippen LogP contribution in [0.1, 0.15) is 15.9 Å². The first-order valence-electron chi connectivity index (χ1n) is 5.46. The Hall–Kier alpha value is -1.52. The van der Waals surface area contributed by atoms with Crippen molar-refractivity contribution in [3.05, 3.63) is 58.6 Å². The van der Waals surface area contributed by atoms with Crippen LogP contribution < -0.4 is 0 Å². The lowest BCUT2D eigenvalue weighted by atomic mass is 9.98. The average Bonchev–Trinajstić information content (AvgIpc) is 2.37. The van der Waals surface area contributed by atoms with E-state index in [2.05, 4.69) is 0 Å². The molecule has 2 rings (SSSR count). The molecule has 2 aromatic carbocycles. The zero-order chi connectivity index (χ0) is 14.9. The molecule has 20 heavy (non-hydrogen) atoms. The van der Waals surface area contributed by atoms with Crippen molar-refractivity contribution < 1.29 is 18.0 Å². The Kier molecular flexibility index (Phi) is 4.06. The van der Waals surface area contributed by atoms with Crippen molar-refractivity contribution in [3.8, 4) is 11.1 Å². The number of benzene rings is 2. The van der Waals surface area contributed by atoms with Gasteiger partial charge in [-0.15, -0.1) is 0 Å². The molecule has 0 aliphatic rings. The summed E-state index contributed by atoms with van der Waals surface area (Å²) < 4.78 is 38.9. The summed E-state index contributed by atoms with van der Waals surface area (Å²) in [5.74, 6) is 0. The zero-order valence-corrected chi connectivity index (χ0v) is 11.4. The molecule has 0 fully saturated rings. The summed E-state index contributed by atoms with van der Waals surface area (Å²) in [6, 6.07) is 9.03. The normalized spacial score (nSPS) is 11.4. The number of halogens is 5. The number of rotatable bonds is 2. The van der Waals surface area contributed by atoms with Gasteiger partial charge in [0.25, 0.3) is 5.24 Å². The van der Waals surface area contributed by atoms with Crippen LogP contribution in [-0.4, -0.2) is 5.24 Å². The maximum atomic E-state index is 13.0. The van der Waals surface area contributed by atoms with E-state index >= 15 is 0 Å². The van der Waals surface area contributed by atoms with Crippen LogP contribution in [0.25, 0.3) is 11.1 Å². The minimum atomic E-state index is -4.49. The van der Waals surface area contributed by atoms with Crippen molar-refractivity contribution in [2.24, 2.45) is 0 Å². The number of carbonyl (C=O) groups is 1. The molecular formula is C14H7Cl2F3O. The van der Waals surface area contributed by atoms with Gasteiger partial charge in [0, 0.05) is 16.1 Å². The van der Waals surface area contributed by atoms with Gasteiger partial charge in [-0.3, -0.25) is 4.79 Å². The van der Waals surface area contributed by atoms with Gasteiger partial charge in [-0.1, -0.05) is 35.9 Å². The van der Waals surface area contributed by atoms with Crippen LogP contribution in [0.4, 0.5) is 13.2 Å². The van der Waals surface area contributed by atoms with Gasteiger partial charge in [0.2, 0.25) is 0 Å². The first-order chi connectivity index (χ1) is 9.30. The molecule has 0 atom stereocenters. The molecular weight excluding hydrogens is 312 g/mol. The minimum absolute atomic E-state index is 0.0354. The highest BCUT2D eigenvalue weighted by Gasteiger charge is 2.33. The van der Waals surface area contributed by atoms with E-state index in [0.29, 0.717) is 0 Å². The first-order valence-corrected chi connectivity index (χ1v) is 6.22. The molecule has 0 saturated carbocycles. The van der Waals surface area contributed by atoms with Crippen LogP contribution in [0.2, 0.25) is 5.02 Å². The van der Waals surface area contributed by atoms with E-state index < -0.39 is 17.0 Å². The molecule has 0 heterocycles. The highest BCUT2D eigenvalue weighted by molar-refractivity contribution is 6.67. The predicted octanol–water partition coefficient (Wildman–Crippen LogP) is 5.40. The third-order valence-corrected chi connectivity index (χ3v) is 3.25. The molecule has 0 aliphatic carbocycles. The number of hydrogen-bond acceptors (Lipinski definition) is 1. The molecule has 0 aliphatic heterocycles. The Morgan fingerprint density at radius 1 is 1.00 bits per heavy atom. The fourth-order valence-electron chi connectivity index (χ4n) is 1.82. The highest BCUT2D eigenvalue weighted by Crippen LogP contribution is 2.39. The third kappa shape index (κ3) is 2.97. The van der Waals surface area contributed by atoms with Crippen LogP contribution in [0, 0.1) is 0 Å². The molecule has 2 aromatic rings. The summed E-state index contributed by atoms with van der Waals surface area (Å²) in [7, 11) is 0. The lowest BCUT2D eigenvalue weighted by Gasteiger charge is -2.14. The molecule has 0 saturated heterocycles. The predicted molar refractivity (Wildman–Crippen MR) is 72.1 cm³/mol. The van der Waals surface area contributed by atoms with E-state index in [0.717, 1.165) is 6.07 Å². The average molecular weight is 319 g/mol. The van der Waals surface area contributed by atoms with Gasteiger partial charge in [-0.2, -0.15) is 13.2 Å². The fourth-order valence-corrected chi connectivity index (χ4v) is 2.22. The summed E-state index contributed by atoms with van der Waals surface area (Å²) >= 11 is 11.3. The lowest BCUT2D eigenvalue weighted by Crippen LogP contribution is -2.07. The van der Waals surface area contributed by atoms with Gasteiger partial charge >= 0.3 is 6.18 Å². The molecule has 0 aromatic heterocycles. The molecule has 1 nitrogen and oxygen atoms in total.